The minimum absolute atomic E-state index is 0.0466. The summed E-state index contributed by atoms with van der Waals surface area (Å²) in [6.45, 7) is 13.1. The average molecular weight is 210 g/mol. The van der Waals surface area contributed by atoms with Crippen LogP contribution in [-0.2, 0) is 9.47 Å². The fourth-order valence-electron chi connectivity index (χ4n) is 2.82. The third kappa shape index (κ3) is 1.64. The molecule has 1 spiro atoms. The van der Waals surface area contributed by atoms with E-state index in [1.165, 1.54) is 0 Å². The highest BCUT2D eigenvalue weighted by atomic mass is 16.5. The summed E-state index contributed by atoms with van der Waals surface area (Å²) in [7, 11) is 0. The van der Waals surface area contributed by atoms with E-state index in [2.05, 4.69) is 27.4 Å². The van der Waals surface area contributed by atoms with Gasteiger partial charge in [-0.1, -0.05) is 26.8 Å². The molecule has 2 nitrogen and oxygen atoms in total. The molecule has 0 unspecified atom stereocenters. The van der Waals surface area contributed by atoms with Crippen molar-refractivity contribution in [2.75, 3.05) is 19.8 Å². The number of ether oxygens (including phenoxy) is 2. The van der Waals surface area contributed by atoms with Crippen LogP contribution in [0, 0.1) is 10.8 Å². The fourth-order valence-corrected chi connectivity index (χ4v) is 2.82. The molecule has 1 heterocycles. The number of hydrogen-bond donors (Lipinski definition) is 0. The van der Waals surface area contributed by atoms with Crippen LogP contribution >= 0.6 is 0 Å². The molecule has 0 aromatic rings. The summed E-state index contributed by atoms with van der Waals surface area (Å²) in [6.07, 6.45) is 4.14. The second-order valence-corrected chi connectivity index (χ2v) is 6.19. The van der Waals surface area contributed by atoms with Gasteiger partial charge in [-0.3, -0.25) is 0 Å². The van der Waals surface area contributed by atoms with E-state index in [-0.39, 0.29) is 11.0 Å². The zero-order valence-corrected chi connectivity index (χ0v) is 10.1. The molecule has 1 aliphatic heterocycles. The van der Waals surface area contributed by atoms with Crippen molar-refractivity contribution in [1.29, 1.82) is 0 Å². The fraction of sp³-hybridized carbons (Fsp3) is 0.846. The van der Waals surface area contributed by atoms with Crippen LogP contribution in [0.25, 0.3) is 0 Å². The Morgan fingerprint density at radius 2 is 1.93 bits per heavy atom. The van der Waals surface area contributed by atoms with Crippen molar-refractivity contribution in [3.63, 3.8) is 0 Å². The molecule has 86 valence electrons. The zero-order chi connectivity index (χ0) is 11.2. The van der Waals surface area contributed by atoms with Crippen molar-refractivity contribution in [3.05, 3.63) is 12.7 Å². The SMILES string of the molecule is C=CCOC1(C(C)(C)C)CC2(COC2)C1. The summed E-state index contributed by atoms with van der Waals surface area (Å²) < 4.78 is 11.4. The van der Waals surface area contributed by atoms with Crippen LogP contribution in [0.2, 0.25) is 0 Å². The Balaban J connectivity index is 2.03. The Morgan fingerprint density at radius 1 is 1.33 bits per heavy atom. The van der Waals surface area contributed by atoms with Crippen LogP contribution in [0.5, 0.6) is 0 Å². The second-order valence-electron chi connectivity index (χ2n) is 6.19. The maximum Gasteiger partial charge on any atom is 0.0748 e. The first-order valence-corrected chi connectivity index (χ1v) is 5.76. The summed E-state index contributed by atoms with van der Waals surface area (Å²) >= 11 is 0. The van der Waals surface area contributed by atoms with E-state index in [9.17, 15) is 0 Å². The highest BCUT2D eigenvalue weighted by molar-refractivity contribution is 5.13. The Hall–Kier alpha value is -0.340. The van der Waals surface area contributed by atoms with Crippen LogP contribution in [0.4, 0.5) is 0 Å². The molecular formula is C13H22O2. The molecular weight excluding hydrogens is 188 g/mol. The van der Waals surface area contributed by atoms with Crippen LogP contribution in [0.15, 0.2) is 12.7 Å². The van der Waals surface area contributed by atoms with Gasteiger partial charge in [-0.15, -0.1) is 6.58 Å². The van der Waals surface area contributed by atoms with Crippen molar-refractivity contribution in [3.8, 4) is 0 Å². The topological polar surface area (TPSA) is 18.5 Å². The smallest absolute Gasteiger partial charge is 0.0748 e. The molecule has 0 aromatic heterocycles. The van der Waals surface area contributed by atoms with Gasteiger partial charge in [-0.25, -0.2) is 0 Å². The lowest BCUT2D eigenvalue weighted by molar-refractivity contribution is -0.284. The minimum atomic E-state index is 0.0466. The van der Waals surface area contributed by atoms with E-state index >= 15 is 0 Å². The summed E-state index contributed by atoms with van der Waals surface area (Å²) in [5.74, 6) is 0. The highest BCUT2D eigenvalue weighted by Crippen LogP contribution is 2.61. The molecule has 0 atom stereocenters. The summed E-state index contributed by atoms with van der Waals surface area (Å²) in [5.41, 5.74) is 0.705. The molecule has 15 heavy (non-hydrogen) atoms. The van der Waals surface area contributed by atoms with Crippen LogP contribution in [-0.4, -0.2) is 25.4 Å². The Kier molecular flexibility index (Phi) is 2.47. The van der Waals surface area contributed by atoms with Crippen molar-refractivity contribution >= 4 is 0 Å². The Bertz CT molecular complexity index is 250. The van der Waals surface area contributed by atoms with Crippen molar-refractivity contribution < 1.29 is 9.47 Å². The molecule has 2 fully saturated rings. The largest absolute Gasteiger partial charge is 0.380 e. The van der Waals surface area contributed by atoms with Gasteiger partial charge >= 0.3 is 0 Å². The summed E-state index contributed by atoms with van der Waals surface area (Å²) in [6, 6.07) is 0. The molecule has 0 bridgehead atoms. The van der Waals surface area contributed by atoms with E-state index in [1.807, 2.05) is 6.08 Å². The number of rotatable bonds is 3. The van der Waals surface area contributed by atoms with Gasteiger partial charge in [-0.2, -0.15) is 0 Å². The summed E-state index contributed by atoms with van der Waals surface area (Å²) in [4.78, 5) is 0. The first kappa shape index (κ1) is 11.2. The molecule has 0 amide bonds. The molecule has 1 saturated carbocycles. The third-order valence-electron chi connectivity index (χ3n) is 3.98. The lowest BCUT2D eigenvalue weighted by Gasteiger charge is -2.64. The van der Waals surface area contributed by atoms with Gasteiger partial charge in [0.15, 0.2) is 0 Å². The molecule has 1 saturated heterocycles. The molecule has 2 aliphatic rings. The molecule has 2 rings (SSSR count). The lowest BCUT2D eigenvalue weighted by Crippen LogP contribution is -2.67. The van der Waals surface area contributed by atoms with E-state index in [1.54, 1.807) is 0 Å². The van der Waals surface area contributed by atoms with Gasteiger partial charge in [0, 0.05) is 5.41 Å². The predicted octanol–water partition coefficient (Wildman–Crippen LogP) is 2.78. The molecule has 2 heteroatoms. The Labute approximate surface area is 92.6 Å². The van der Waals surface area contributed by atoms with E-state index < -0.39 is 0 Å². The predicted molar refractivity (Wildman–Crippen MR) is 60.8 cm³/mol. The minimum Gasteiger partial charge on any atom is -0.380 e. The average Bonchev–Trinajstić information content (AvgIpc) is 1.97. The van der Waals surface area contributed by atoms with E-state index in [0.29, 0.717) is 12.0 Å². The third-order valence-corrected chi connectivity index (χ3v) is 3.98. The van der Waals surface area contributed by atoms with Gasteiger partial charge in [0.2, 0.25) is 0 Å². The van der Waals surface area contributed by atoms with Gasteiger partial charge in [0.25, 0.3) is 0 Å². The van der Waals surface area contributed by atoms with E-state index in [4.69, 9.17) is 9.47 Å². The first-order valence-electron chi connectivity index (χ1n) is 5.76. The van der Waals surface area contributed by atoms with Gasteiger partial charge in [-0.05, 0) is 18.3 Å². The van der Waals surface area contributed by atoms with Gasteiger partial charge < -0.3 is 9.47 Å². The normalized spacial score (nSPS) is 26.9. The second kappa shape index (κ2) is 3.33. The standard InChI is InChI=1S/C13H22O2/c1-5-6-15-13(11(2,3)4)7-12(8-13)9-14-10-12/h5H,1,6-10H2,2-4H3. The van der Waals surface area contributed by atoms with Crippen LogP contribution in [0.1, 0.15) is 33.6 Å². The van der Waals surface area contributed by atoms with Gasteiger partial charge in [0.1, 0.15) is 0 Å². The molecule has 0 radical (unpaired) electrons. The van der Waals surface area contributed by atoms with Crippen molar-refractivity contribution in [1.82, 2.24) is 0 Å². The Morgan fingerprint density at radius 3 is 2.27 bits per heavy atom. The maximum absolute atomic E-state index is 6.04. The van der Waals surface area contributed by atoms with Crippen molar-refractivity contribution in [2.45, 2.75) is 39.2 Å². The lowest BCUT2D eigenvalue weighted by atomic mass is 9.50. The van der Waals surface area contributed by atoms with Crippen molar-refractivity contribution in [2.24, 2.45) is 10.8 Å². The first-order chi connectivity index (χ1) is 6.93. The highest BCUT2D eigenvalue weighted by Gasteiger charge is 2.63. The molecule has 0 aromatic carbocycles. The zero-order valence-electron chi connectivity index (χ0n) is 10.1. The van der Waals surface area contributed by atoms with Gasteiger partial charge in [0.05, 0.1) is 25.4 Å². The molecule has 0 N–H and O–H groups in total. The monoisotopic (exact) mass is 210 g/mol. The maximum atomic E-state index is 6.04. The summed E-state index contributed by atoms with van der Waals surface area (Å²) in [5, 5.41) is 0. The quantitative estimate of drug-likeness (QED) is 0.667. The number of hydrogen-bond acceptors (Lipinski definition) is 2. The van der Waals surface area contributed by atoms with E-state index in [0.717, 1.165) is 26.1 Å². The van der Waals surface area contributed by atoms with Crippen LogP contribution < -0.4 is 0 Å². The van der Waals surface area contributed by atoms with Crippen LogP contribution in [0.3, 0.4) is 0 Å². The molecule has 1 aliphatic carbocycles.